The third-order valence-electron chi connectivity index (χ3n) is 4.63. The van der Waals surface area contributed by atoms with E-state index >= 15 is 0 Å². The maximum atomic E-state index is 12.4. The fourth-order valence-corrected chi connectivity index (χ4v) is 3.21. The zero-order valence-corrected chi connectivity index (χ0v) is 13.1. The molecule has 0 radical (unpaired) electrons. The molecular formula is C17H26N2O2. The number of nitrogen functional groups attached to an aromatic ring is 1. The molecule has 1 amide bonds. The minimum atomic E-state index is -0.0245. The lowest BCUT2D eigenvalue weighted by Crippen LogP contribution is -2.37. The van der Waals surface area contributed by atoms with Crippen molar-refractivity contribution in [3.8, 4) is 0 Å². The van der Waals surface area contributed by atoms with E-state index in [9.17, 15) is 4.79 Å². The number of amides is 1. The van der Waals surface area contributed by atoms with E-state index in [4.69, 9.17) is 10.5 Å². The van der Waals surface area contributed by atoms with Gasteiger partial charge in [-0.2, -0.15) is 0 Å². The van der Waals surface area contributed by atoms with Crippen molar-refractivity contribution in [1.29, 1.82) is 0 Å². The second-order valence-electron chi connectivity index (χ2n) is 6.21. The Hall–Kier alpha value is -1.55. The van der Waals surface area contributed by atoms with Crippen LogP contribution in [0.1, 0.15) is 48.0 Å². The number of nitrogens with one attached hydrogen (secondary N) is 1. The van der Waals surface area contributed by atoms with E-state index in [0.717, 1.165) is 25.1 Å². The van der Waals surface area contributed by atoms with Crippen LogP contribution in [0.15, 0.2) is 18.2 Å². The SMILES string of the molecule is COCCC1(CNC(=O)c2cc(N)ccc2C)CCCC1. The zero-order chi connectivity index (χ0) is 15.3. The van der Waals surface area contributed by atoms with Crippen LogP contribution in [0.25, 0.3) is 0 Å². The topological polar surface area (TPSA) is 64.3 Å². The molecule has 0 spiro atoms. The Morgan fingerprint density at radius 3 is 2.76 bits per heavy atom. The predicted molar refractivity (Wildman–Crippen MR) is 85.3 cm³/mol. The zero-order valence-electron chi connectivity index (χ0n) is 13.1. The molecule has 2 rings (SSSR count). The quantitative estimate of drug-likeness (QED) is 0.792. The van der Waals surface area contributed by atoms with Gasteiger partial charge in [-0.15, -0.1) is 0 Å². The third-order valence-corrected chi connectivity index (χ3v) is 4.63. The number of methoxy groups -OCH3 is 1. The Bertz CT molecular complexity index is 494. The molecular weight excluding hydrogens is 264 g/mol. The predicted octanol–water partition coefficient (Wildman–Crippen LogP) is 2.90. The van der Waals surface area contributed by atoms with E-state index in [1.807, 2.05) is 19.1 Å². The van der Waals surface area contributed by atoms with E-state index in [0.29, 0.717) is 11.3 Å². The lowest BCUT2D eigenvalue weighted by molar-refractivity contribution is 0.0903. The summed E-state index contributed by atoms with van der Waals surface area (Å²) < 4.78 is 5.23. The van der Waals surface area contributed by atoms with Crippen molar-refractivity contribution in [2.45, 2.75) is 39.0 Å². The largest absolute Gasteiger partial charge is 0.399 e. The van der Waals surface area contributed by atoms with Crippen LogP contribution in [0.3, 0.4) is 0 Å². The summed E-state index contributed by atoms with van der Waals surface area (Å²) in [6, 6.07) is 5.46. The van der Waals surface area contributed by atoms with Gasteiger partial charge < -0.3 is 15.8 Å². The molecule has 0 aliphatic heterocycles. The highest BCUT2D eigenvalue weighted by atomic mass is 16.5. The number of carbonyl (C=O) groups is 1. The number of hydrogen-bond donors (Lipinski definition) is 2. The van der Waals surface area contributed by atoms with Crippen LogP contribution >= 0.6 is 0 Å². The summed E-state index contributed by atoms with van der Waals surface area (Å²) in [6.45, 7) is 3.42. The molecule has 1 aromatic carbocycles. The summed E-state index contributed by atoms with van der Waals surface area (Å²) in [4.78, 5) is 12.4. The minimum absolute atomic E-state index is 0.0245. The van der Waals surface area contributed by atoms with E-state index in [2.05, 4.69) is 5.32 Å². The second-order valence-corrected chi connectivity index (χ2v) is 6.21. The Labute approximate surface area is 127 Å². The van der Waals surface area contributed by atoms with Gasteiger partial charge in [-0.05, 0) is 49.3 Å². The number of benzene rings is 1. The number of rotatable bonds is 6. The van der Waals surface area contributed by atoms with Crippen LogP contribution in [-0.2, 0) is 4.74 Å². The number of aryl methyl sites for hydroxylation is 1. The average molecular weight is 290 g/mol. The molecule has 0 atom stereocenters. The van der Waals surface area contributed by atoms with Gasteiger partial charge in [-0.3, -0.25) is 4.79 Å². The molecule has 1 aliphatic carbocycles. The van der Waals surface area contributed by atoms with Gasteiger partial charge in [0.05, 0.1) is 0 Å². The van der Waals surface area contributed by atoms with E-state index in [-0.39, 0.29) is 11.3 Å². The fourth-order valence-electron chi connectivity index (χ4n) is 3.21. The maximum Gasteiger partial charge on any atom is 0.251 e. The molecule has 1 aromatic rings. The number of carbonyl (C=O) groups excluding carboxylic acids is 1. The van der Waals surface area contributed by atoms with Crippen LogP contribution < -0.4 is 11.1 Å². The van der Waals surface area contributed by atoms with Gasteiger partial charge in [0, 0.05) is 31.5 Å². The van der Waals surface area contributed by atoms with Gasteiger partial charge in [0.1, 0.15) is 0 Å². The summed E-state index contributed by atoms with van der Waals surface area (Å²) in [5.74, 6) is -0.0245. The lowest BCUT2D eigenvalue weighted by atomic mass is 9.83. The Morgan fingerprint density at radius 1 is 1.38 bits per heavy atom. The number of nitrogens with two attached hydrogens (primary N) is 1. The highest BCUT2D eigenvalue weighted by molar-refractivity contribution is 5.96. The first-order chi connectivity index (χ1) is 10.1. The molecule has 4 heteroatoms. The van der Waals surface area contributed by atoms with Crippen molar-refractivity contribution in [3.05, 3.63) is 29.3 Å². The molecule has 1 aliphatic rings. The van der Waals surface area contributed by atoms with Crippen LogP contribution in [0.4, 0.5) is 5.69 Å². The summed E-state index contributed by atoms with van der Waals surface area (Å²) in [5.41, 5.74) is 8.25. The smallest absolute Gasteiger partial charge is 0.251 e. The number of ether oxygens (including phenoxy) is 1. The first-order valence-corrected chi connectivity index (χ1v) is 7.70. The molecule has 0 heterocycles. The van der Waals surface area contributed by atoms with E-state index in [1.165, 1.54) is 25.7 Å². The summed E-state index contributed by atoms with van der Waals surface area (Å²) in [5, 5.41) is 3.11. The van der Waals surface area contributed by atoms with Crippen molar-refractivity contribution < 1.29 is 9.53 Å². The van der Waals surface area contributed by atoms with Gasteiger partial charge in [-0.1, -0.05) is 18.9 Å². The second kappa shape index (κ2) is 6.94. The van der Waals surface area contributed by atoms with E-state index in [1.54, 1.807) is 13.2 Å². The van der Waals surface area contributed by atoms with Crippen molar-refractivity contribution >= 4 is 11.6 Å². The lowest BCUT2D eigenvalue weighted by Gasteiger charge is -2.29. The molecule has 3 N–H and O–H groups in total. The van der Waals surface area contributed by atoms with Gasteiger partial charge in [0.25, 0.3) is 5.91 Å². The molecule has 0 saturated heterocycles. The van der Waals surface area contributed by atoms with Crippen LogP contribution in [0, 0.1) is 12.3 Å². The molecule has 1 fully saturated rings. The maximum absolute atomic E-state index is 12.4. The van der Waals surface area contributed by atoms with Gasteiger partial charge in [-0.25, -0.2) is 0 Å². The molecule has 21 heavy (non-hydrogen) atoms. The normalized spacial score (nSPS) is 16.9. The average Bonchev–Trinajstić information content (AvgIpc) is 2.94. The Kier molecular flexibility index (Phi) is 5.23. The first kappa shape index (κ1) is 15.8. The fraction of sp³-hybridized carbons (Fsp3) is 0.588. The van der Waals surface area contributed by atoms with Gasteiger partial charge in [0.2, 0.25) is 0 Å². The molecule has 4 nitrogen and oxygen atoms in total. The molecule has 1 saturated carbocycles. The third kappa shape index (κ3) is 3.97. The summed E-state index contributed by atoms with van der Waals surface area (Å²) in [6.07, 6.45) is 5.85. The summed E-state index contributed by atoms with van der Waals surface area (Å²) in [7, 11) is 1.73. The molecule has 0 bridgehead atoms. The number of hydrogen-bond acceptors (Lipinski definition) is 3. The van der Waals surface area contributed by atoms with Gasteiger partial charge >= 0.3 is 0 Å². The van der Waals surface area contributed by atoms with Crippen LogP contribution in [0.2, 0.25) is 0 Å². The van der Waals surface area contributed by atoms with Crippen molar-refractivity contribution in [2.75, 3.05) is 26.0 Å². The van der Waals surface area contributed by atoms with Crippen molar-refractivity contribution in [2.24, 2.45) is 5.41 Å². The van der Waals surface area contributed by atoms with Crippen LogP contribution in [0.5, 0.6) is 0 Å². The van der Waals surface area contributed by atoms with Crippen molar-refractivity contribution in [1.82, 2.24) is 5.32 Å². The standard InChI is InChI=1S/C17H26N2O2/c1-13-5-6-14(18)11-15(13)16(20)19-12-17(9-10-21-2)7-3-4-8-17/h5-6,11H,3-4,7-10,12,18H2,1-2H3,(H,19,20). The Balaban J connectivity index is 2.00. The first-order valence-electron chi connectivity index (χ1n) is 7.70. The minimum Gasteiger partial charge on any atom is -0.399 e. The highest BCUT2D eigenvalue weighted by Gasteiger charge is 2.33. The van der Waals surface area contributed by atoms with Crippen LogP contribution in [-0.4, -0.2) is 26.2 Å². The highest BCUT2D eigenvalue weighted by Crippen LogP contribution is 2.40. The molecule has 116 valence electrons. The van der Waals surface area contributed by atoms with E-state index < -0.39 is 0 Å². The Morgan fingerprint density at radius 2 is 2.10 bits per heavy atom. The summed E-state index contributed by atoms with van der Waals surface area (Å²) >= 11 is 0. The molecule has 0 unspecified atom stereocenters. The number of anilines is 1. The molecule has 0 aromatic heterocycles. The monoisotopic (exact) mass is 290 g/mol. The van der Waals surface area contributed by atoms with Crippen molar-refractivity contribution in [3.63, 3.8) is 0 Å². The van der Waals surface area contributed by atoms with Gasteiger partial charge in [0.15, 0.2) is 0 Å².